The summed E-state index contributed by atoms with van der Waals surface area (Å²) in [7, 11) is 0. The summed E-state index contributed by atoms with van der Waals surface area (Å²) in [6.07, 6.45) is 10.4. The summed E-state index contributed by atoms with van der Waals surface area (Å²) < 4.78 is 15.0. The number of amides is 2. The maximum atomic E-state index is 13.6. The number of aryl methyl sites for hydroxylation is 2. The van der Waals surface area contributed by atoms with Crippen LogP contribution in [0, 0.1) is 19.7 Å². The molecule has 1 aromatic heterocycles. The molecule has 3 N–H and O–H groups in total. The lowest BCUT2D eigenvalue weighted by Gasteiger charge is -2.21. The lowest BCUT2D eigenvalue weighted by molar-refractivity contribution is -0.131. The molecule has 218 valence electrons. The number of rotatable bonds is 15. The Morgan fingerprint density at radius 3 is 2.49 bits per heavy atom. The summed E-state index contributed by atoms with van der Waals surface area (Å²) in [5.74, 6) is -2.29. The minimum absolute atomic E-state index is 0.0413. The van der Waals surface area contributed by atoms with Crippen LogP contribution >= 0.6 is 0 Å². The summed E-state index contributed by atoms with van der Waals surface area (Å²) >= 11 is 0. The lowest BCUT2D eigenvalue weighted by Crippen LogP contribution is -2.38. The average Bonchev–Trinajstić information content (AvgIpc) is 3.34. The van der Waals surface area contributed by atoms with E-state index in [9.17, 15) is 18.8 Å². The molecule has 0 spiro atoms. The largest absolute Gasteiger partial charge is 0.478 e. The molecule has 1 aromatic carbocycles. The third-order valence-electron chi connectivity index (χ3n) is 6.33. The molecule has 2 aromatic rings. The summed E-state index contributed by atoms with van der Waals surface area (Å²) in [6, 6.07) is 5.88. The van der Waals surface area contributed by atoms with Gasteiger partial charge >= 0.3 is 5.97 Å². The zero-order valence-corrected chi connectivity index (χ0v) is 24.2. The topological polar surface area (TPSA) is 113 Å². The molecule has 2 rings (SSSR count). The van der Waals surface area contributed by atoms with Gasteiger partial charge in [0.25, 0.3) is 11.8 Å². The van der Waals surface area contributed by atoms with E-state index in [0.29, 0.717) is 36.1 Å². The van der Waals surface area contributed by atoms with Gasteiger partial charge in [0.05, 0.1) is 6.04 Å². The van der Waals surface area contributed by atoms with Gasteiger partial charge in [-0.2, -0.15) is 5.10 Å². The van der Waals surface area contributed by atoms with Crippen LogP contribution in [0.3, 0.4) is 0 Å². The fourth-order valence-electron chi connectivity index (χ4n) is 4.02. The van der Waals surface area contributed by atoms with Gasteiger partial charge in [-0.25, -0.2) is 13.9 Å². The van der Waals surface area contributed by atoms with E-state index in [1.807, 2.05) is 19.1 Å². The van der Waals surface area contributed by atoms with Crippen molar-refractivity contribution in [1.82, 2.24) is 20.4 Å². The number of aromatic nitrogens is 2. The maximum Gasteiger partial charge on any atom is 0.328 e. The van der Waals surface area contributed by atoms with E-state index >= 15 is 0 Å². The predicted octanol–water partition coefficient (Wildman–Crippen LogP) is 5.56. The number of carbonyl (C=O) groups excluding carboxylic acids is 2. The molecule has 0 aliphatic carbocycles. The van der Waals surface area contributed by atoms with Gasteiger partial charge in [-0.05, 0) is 81.4 Å². The van der Waals surface area contributed by atoms with Gasteiger partial charge in [0, 0.05) is 30.1 Å². The Labute approximate surface area is 241 Å². The third-order valence-corrected chi connectivity index (χ3v) is 6.33. The molecule has 0 radical (unpaired) electrons. The maximum absolute atomic E-state index is 13.6. The van der Waals surface area contributed by atoms with E-state index in [1.54, 1.807) is 45.2 Å². The fourth-order valence-corrected chi connectivity index (χ4v) is 4.02. The Hall–Kier alpha value is -4.53. The molecule has 9 heteroatoms. The zero-order chi connectivity index (χ0) is 30.5. The van der Waals surface area contributed by atoms with Gasteiger partial charge in [0.1, 0.15) is 11.5 Å². The first-order valence-corrected chi connectivity index (χ1v) is 13.4. The number of carboxylic acids is 1. The highest BCUT2D eigenvalue weighted by Gasteiger charge is 2.21. The van der Waals surface area contributed by atoms with Gasteiger partial charge in [-0.15, -0.1) is 0 Å². The van der Waals surface area contributed by atoms with Crippen LogP contribution in [-0.4, -0.2) is 38.7 Å². The Bertz CT molecular complexity index is 1380. The van der Waals surface area contributed by atoms with Gasteiger partial charge in [0.15, 0.2) is 0 Å². The van der Waals surface area contributed by atoms with Crippen LogP contribution < -0.4 is 10.6 Å². The number of nitrogens with one attached hydrogen (secondary N) is 2. The molecule has 0 fully saturated rings. The van der Waals surface area contributed by atoms with Crippen molar-refractivity contribution in [3.05, 3.63) is 107 Å². The van der Waals surface area contributed by atoms with Crippen LogP contribution in [0.25, 0.3) is 5.70 Å². The van der Waals surface area contributed by atoms with Crippen molar-refractivity contribution in [2.45, 2.75) is 66.0 Å². The molecule has 0 aliphatic heterocycles. The van der Waals surface area contributed by atoms with E-state index in [2.05, 4.69) is 28.9 Å². The van der Waals surface area contributed by atoms with Crippen molar-refractivity contribution in [3.63, 3.8) is 0 Å². The molecule has 8 nitrogen and oxygen atoms in total. The second-order valence-corrected chi connectivity index (χ2v) is 9.84. The normalized spacial score (nSPS) is 12.7. The molecule has 0 aliphatic rings. The SMILES string of the molecule is C=C(/C=C(/C(=O)NC(CCC/C(C)=C/C(=O)O)C(=C)/C=C\CC)n1nccc1C)C(=O)NCc1ccc(F)c(C)c1. The standard InChI is InChI=1S/C32H39FN4O4/c1-7-8-11-22(3)28(12-9-10-21(2)17-30(38)39)36-32(41)29(37-25(6)15-16-35-37)19-24(5)31(40)34-20-26-13-14-27(33)23(4)18-26/h8,11,13-19,28H,3,5,7,9-10,12,20H2,1-2,4,6H3,(H,34,40)(H,36,41)(H,38,39)/b11-8-,21-17+,29-19-. The molecule has 1 heterocycles. The van der Waals surface area contributed by atoms with Crippen LogP contribution in [0.2, 0.25) is 0 Å². The highest BCUT2D eigenvalue weighted by molar-refractivity contribution is 6.16. The Kier molecular flexibility index (Phi) is 12.7. The van der Waals surface area contributed by atoms with Crippen molar-refractivity contribution < 1.29 is 23.9 Å². The van der Waals surface area contributed by atoms with Gasteiger partial charge in [-0.3, -0.25) is 9.59 Å². The highest BCUT2D eigenvalue weighted by atomic mass is 19.1. The van der Waals surface area contributed by atoms with Crippen molar-refractivity contribution in [1.29, 1.82) is 0 Å². The number of benzene rings is 1. The number of hydrogen-bond donors (Lipinski definition) is 3. The fraction of sp³-hybridized carbons (Fsp3) is 0.312. The first-order chi connectivity index (χ1) is 19.4. The van der Waals surface area contributed by atoms with Crippen LogP contribution in [-0.2, 0) is 20.9 Å². The predicted molar refractivity (Wildman–Crippen MR) is 159 cm³/mol. The van der Waals surface area contributed by atoms with Crippen molar-refractivity contribution >= 4 is 23.5 Å². The second-order valence-electron chi connectivity index (χ2n) is 9.84. The number of carboxylic acid groups (broad SMARTS) is 1. The molecule has 41 heavy (non-hydrogen) atoms. The van der Waals surface area contributed by atoms with E-state index in [1.165, 1.54) is 22.9 Å². The molecule has 0 saturated carbocycles. The first-order valence-electron chi connectivity index (χ1n) is 13.4. The minimum Gasteiger partial charge on any atom is -0.478 e. The van der Waals surface area contributed by atoms with Crippen molar-refractivity contribution in [2.24, 2.45) is 0 Å². The smallest absolute Gasteiger partial charge is 0.328 e. The van der Waals surface area contributed by atoms with Crippen LogP contribution in [0.15, 0.2) is 84.6 Å². The van der Waals surface area contributed by atoms with E-state index in [-0.39, 0.29) is 23.6 Å². The first kappa shape index (κ1) is 32.7. The Morgan fingerprint density at radius 2 is 1.88 bits per heavy atom. The van der Waals surface area contributed by atoms with Gasteiger partial charge in [0.2, 0.25) is 0 Å². The molecular formula is C32H39FN4O4. The monoisotopic (exact) mass is 562 g/mol. The van der Waals surface area contributed by atoms with Crippen molar-refractivity contribution in [2.75, 3.05) is 0 Å². The molecular weight excluding hydrogens is 523 g/mol. The summed E-state index contributed by atoms with van der Waals surface area (Å²) in [5.41, 5.74) is 3.44. The molecule has 2 amide bonds. The molecule has 1 atom stereocenters. The summed E-state index contributed by atoms with van der Waals surface area (Å²) in [4.78, 5) is 37.4. The number of carbonyl (C=O) groups is 3. The second kappa shape index (κ2) is 15.9. The van der Waals surface area contributed by atoms with Gasteiger partial charge in [-0.1, -0.05) is 49.9 Å². The van der Waals surface area contributed by atoms with E-state index in [4.69, 9.17) is 5.11 Å². The van der Waals surface area contributed by atoms with Gasteiger partial charge < -0.3 is 15.7 Å². The molecule has 1 unspecified atom stereocenters. The number of hydrogen-bond acceptors (Lipinski definition) is 4. The minimum atomic E-state index is -0.996. The number of nitrogens with zero attached hydrogens (tertiary/aromatic N) is 2. The quantitative estimate of drug-likeness (QED) is 0.194. The number of aliphatic carboxylic acids is 1. The Balaban J connectivity index is 2.25. The summed E-state index contributed by atoms with van der Waals surface area (Å²) in [5, 5.41) is 19.0. The van der Waals surface area contributed by atoms with Crippen LogP contribution in [0.4, 0.5) is 4.39 Å². The number of allylic oxidation sites excluding steroid dienone is 2. The molecule has 0 saturated heterocycles. The highest BCUT2D eigenvalue weighted by Crippen LogP contribution is 2.17. The van der Waals surface area contributed by atoms with Crippen LogP contribution in [0.5, 0.6) is 0 Å². The lowest BCUT2D eigenvalue weighted by atomic mass is 9.99. The zero-order valence-electron chi connectivity index (χ0n) is 24.2. The average molecular weight is 563 g/mol. The van der Waals surface area contributed by atoms with E-state index < -0.39 is 23.8 Å². The van der Waals surface area contributed by atoms with Crippen LogP contribution in [0.1, 0.15) is 56.4 Å². The van der Waals surface area contributed by atoms with Crippen molar-refractivity contribution in [3.8, 4) is 0 Å². The number of halogens is 1. The third kappa shape index (κ3) is 10.5. The molecule has 0 bridgehead atoms. The Morgan fingerprint density at radius 1 is 1.15 bits per heavy atom. The summed E-state index contributed by atoms with van der Waals surface area (Å²) in [6.45, 7) is 15.3. The van der Waals surface area contributed by atoms with E-state index in [0.717, 1.165) is 17.6 Å².